The fraction of sp³-hybridized carbons (Fsp3) is 0.778. The second-order valence-corrected chi connectivity index (χ2v) is 7.83. The minimum absolute atomic E-state index is 0.0645. The monoisotopic (exact) mass is 354 g/mol. The van der Waals surface area contributed by atoms with Gasteiger partial charge in [0.05, 0.1) is 11.5 Å². The van der Waals surface area contributed by atoms with Crippen molar-refractivity contribution in [1.29, 1.82) is 0 Å². The van der Waals surface area contributed by atoms with Gasteiger partial charge in [0, 0.05) is 18.8 Å². The SMILES string of the molecule is CCC1C(=O)O[C@]23CC=CC[C@@H]2[C@H](OOC(C)(C)C)C[C@]13O.O=C=O. The molecule has 1 aliphatic heterocycles. The average molecular weight is 354 g/mol. The number of hydrogen-bond donors (Lipinski definition) is 1. The van der Waals surface area contributed by atoms with Crippen LogP contribution in [0.3, 0.4) is 0 Å². The van der Waals surface area contributed by atoms with Gasteiger partial charge in [0.15, 0.2) is 5.60 Å². The first kappa shape index (κ1) is 19.8. The third kappa shape index (κ3) is 3.29. The van der Waals surface area contributed by atoms with Crippen molar-refractivity contribution in [1.82, 2.24) is 0 Å². The van der Waals surface area contributed by atoms with Crippen LogP contribution in [0.25, 0.3) is 0 Å². The van der Waals surface area contributed by atoms with Gasteiger partial charge in [-0.2, -0.15) is 9.59 Å². The van der Waals surface area contributed by atoms with Gasteiger partial charge in [0.2, 0.25) is 0 Å². The smallest absolute Gasteiger partial charge is 0.373 e. The lowest BCUT2D eigenvalue weighted by atomic mass is 9.70. The number of allylic oxidation sites excluding steroid dienone is 1. The largest absolute Gasteiger partial charge is 0.455 e. The van der Waals surface area contributed by atoms with Crippen LogP contribution in [0, 0.1) is 11.8 Å². The molecular weight excluding hydrogens is 328 g/mol. The van der Waals surface area contributed by atoms with Crippen LogP contribution in [0.5, 0.6) is 0 Å². The standard InChI is InChI=1S/C17H26O5.CO2/c1-5-11-14(18)20-17-9-7-6-8-12(17)13(10-16(11,17)19)21-22-15(2,3)4;2-1-3/h6-7,11-13,19H,5,8-10H2,1-4H3;/t11?,12-,13-,16+,17-;/m1./s1. The maximum Gasteiger partial charge on any atom is 0.373 e. The van der Waals surface area contributed by atoms with Crippen molar-refractivity contribution in [2.45, 2.75) is 76.3 Å². The van der Waals surface area contributed by atoms with Crippen molar-refractivity contribution >= 4 is 12.1 Å². The molecule has 1 saturated heterocycles. The number of esters is 1. The second kappa shape index (κ2) is 7.00. The summed E-state index contributed by atoms with van der Waals surface area (Å²) in [5.41, 5.74) is -2.44. The highest BCUT2D eigenvalue weighted by Crippen LogP contribution is 2.60. The number of rotatable bonds is 3. The van der Waals surface area contributed by atoms with Gasteiger partial charge in [-0.1, -0.05) is 19.1 Å². The lowest BCUT2D eigenvalue weighted by Crippen LogP contribution is -2.53. The van der Waals surface area contributed by atoms with Crippen molar-refractivity contribution in [2.24, 2.45) is 11.8 Å². The van der Waals surface area contributed by atoms with E-state index in [1.807, 2.05) is 33.8 Å². The summed E-state index contributed by atoms with van der Waals surface area (Å²) in [4.78, 5) is 39.6. The topological polar surface area (TPSA) is 99.1 Å². The van der Waals surface area contributed by atoms with E-state index in [1.54, 1.807) is 0 Å². The molecule has 2 aliphatic carbocycles. The summed E-state index contributed by atoms with van der Waals surface area (Å²) < 4.78 is 5.77. The van der Waals surface area contributed by atoms with E-state index in [0.717, 1.165) is 6.42 Å². The molecule has 1 N–H and O–H groups in total. The summed E-state index contributed by atoms with van der Waals surface area (Å²) in [5.74, 6) is -0.824. The molecule has 25 heavy (non-hydrogen) atoms. The van der Waals surface area contributed by atoms with Crippen LogP contribution in [-0.2, 0) is 28.9 Å². The predicted octanol–water partition coefficient (Wildman–Crippen LogP) is 1.94. The molecule has 1 spiro atoms. The Morgan fingerprint density at radius 1 is 1.36 bits per heavy atom. The fourth-order valence-electron chi connectivity index (χ4n) is 4.31. The molecule has 3 aliphatic rings. The molecule has 1 heterocycles. The first-order chi connectivity index (χ1) is 11.6. The van der Waals surface area contributed by atoms with Crippen molar-refractivity contribution in [3.05, 3.63) is 12.2 Å². The highest BCUT2D eigenvalue weighted by Gasteiger charge is 2.74. The van der Waals surface area contributed by atoms with Crippen molar-refractivity contribution in [2.75, 3.05) is 0 Å². The maximum absolute atomic E-state index is 12.2. The molecule has 0 radical (unpaired) electrons. The van der Waals surface area contributed by atoms with E-state index in [4.69, 9.17) is 24.1 Å². The third-order valence-corrected chi connectivity index (χ3v) is 5.24. The molecule has 2 fully saturated rings. The van der Waals surface area contributed by atoms with E-state index in [9.17, 15) is 9.90 Å². The Morgan fingerprint density at radius 3 is 2.56 bits per heavy atom. The minimum atomic E-state index is -1.17. The second-order valence-electron chi connectivity index (χ2n) is 7.83. The van der Waals surface area contributed by atoms with E-state index >= 15 is 0 Å². The zero-order valence-electron chi connectivity index (χ0n) is 15.1. The fourth-order valence-corrected chi connectivity index (χ4v) is 4.31. The van der Waals surface area contributed by atoms with Gasteiger partial charge in [-0.25, -0.2) is 9.78 Å². The van der Waals surface area contributed by atoms with E-state index in [0.29, 0.717) is 19.3 Å². The Morgan fingerprint density at radius 2 is 2.00 bits per heavy atom. The quantitative estimate of drug-likeness (QED) is 0.358. The van der Waals surface area contributed by atoms with Crippen LogP contribution in [0.2, 0.25) is 0 Å². The van der Waals surface area contributed by atoms with Gasteiger partial charge in [-0.05, 0) is 33.6 Å². The predicted molar refractivity (Wildman–Crippen MR) is 84.8 cm³/mol. The summed E-state index contributed by atoms with van der Waals surface area (Å²) in [5, 5.41) is 11.3. The Balaban J connectivity index is 0.000000701. The van der Waals surface area contributed by atoms with Gasteiger partial charge in [0.25, 0.3) is 0 Å². The van der Waals surface area contributed by atoms with Gasteiger partial charge in [-0.15, -0.1) is 0 Å². The molecule has 0 amide bonds. The lowest BCUT2D eigenvalue weighted by molar-refractivity contribution is -0.380. The highest BCUT2D eigenvalue weighted by molar-refractivity contribution is 5.78. The van der Waals surface area contributed by atoms with Gasteiger partial charge in [-0.3, -0.25) is 4.79 Å². The Bertz CT molecular complexity index is 572. The molecule has 3 rings (SSSR count). The summed E-state index contributed by atoms with van der Waals surface area (Å²) in [7, 11) is 0. The molecule has 0 aromatic rings. The van der Waals surface area contributed by atoms with Gasteiger partial charge < -0.3 is 9.84 Å². The molecule has 0 bridgehead atoms. The molecule has 7 heteroatoms. The first-order valence-corrected chi connectivity index (χ1v) is 8.59. The molecule has 140 valence electrons. The first-order valence-electron chi connectivity index (χ1n) is 8.59. The molecular formula is C18H26O7. The third-order valence-electron chi connectivity index (χ3n) is 5.24. The van der Waals surface area contributed by atoms with Crippen LogP contribution in [0.15, 0.2) is 12.2 Å². The summed E-state index contributed by atoms with van der Waals surface area (Å²) in [6.07, 6.45) is 6.27. The molecule has 7 nitrogen and oxygen atoms in total. The number of carbonyl (C=O) groups is 1. The van der Waals surface area contributed by atoms with Crippen LogP contribution in [0.1, 0.15) is 53.4 Å². The van der Waals surface area contributed by atoms with Crippen LogP contribution < -0.4 is 0 Å². The summed E-state index contributed by atoms with van der Waals surface area (Å²) >= 11 is 0. The number of ether oxygens (including phenoxy) is 1. The number of aliphatic hydroxyl groups is 1. The van der Waals surface area contributed by atoms with Gasteiger partial charge in [0.1, 0.15) is 11.7 Å². The number of hydrogen-bond acceptors (Lipinski definition) is 7. The molecule has 1 saturated carbocycles. The lowest BCUT2D eigenvalue weighted by Gasteiger charge is -2.40. The molecule has 5 atom stereocenters. The molecule has 1 unspecified atom stereocenters. The van der Waals surface area contributed by atoms with Crippen LogP contribution in [0.4, 0.5) is 0 Å². The summed E-state index contributed by atoms with van der Waals surface area (Å²) in [6.45, 7) is 7.67. The summed E-state index contributed by atoms with van der Waals surface area (Å²) in [6, 6.07) is 0. The van der Waals surface area contributed by atoms with Crippen LogP contribution >= 0.6 is 0 Å². The van der Waals surface area contributed by atoms with E-state index in [1.165, 1.54) is 0 Å². The maximum atomic E-state index is 12.2. The molecule has 0 aromatic heterocycles. The average Bonchev–Trinajstić information content (AvgIpc) is 2.86. The zero-order valence-corrected chi connectivity index (χ0v) is 15.1. The Hall–Kier alpha value is -1.53. The Labute approximate surface area is 147 Å². The Kier molecular flexibility index (Phi) is 5.54. The minimum Gasteiger partial charge on any atom is -0.455 e. The van der Waals surface area contributed by atoms with E-state index in [2.05, 4.69) is 6.08 Å². The number of carbonyl (C=O) groups excluding carboxylic acids is 3. The van der Waals surface area contributed by atoms with Crippen LogP contribution in [-0.4, -0.2) is 40.1 Å². The normalized spacial score (nSPS) is 38.9. The molecule has 0 aromatic carbocycles. The van der Waals surface area contributed by atoms with Crippen molar-refractivity contribution in [3.8, 4) is 0 Å². The van der Waals surface area contributed by atoms with Crippen molar-refractivity contribution in [3.63, 3.8) is 0 Å². The zero-order chi connectivity index (χ0) is 18.9. The highest BCUT2D eigenvalue weighted by atomic mass is 17.2. The van der Waals surface area contributed by atoms with E-state index in [-0.39, 0.29) is 24.1 Å². The van der Waals surface area contributed by atoms with E-state index < -0.39 is 22.7 Å². The van der Waals surface area contributed by atoms with Crippen molar-refractivity contribution < 1.29 is 34.0 Å². The van der Waals surface area contributed by atoms with Gasteiger partial charge >= 0.3 is 12.1 Å².